The summed E-state index contributed by atoms with van der Waals surface area (Å²) in [5.41, 5.74) is -3.55. The second-order valence-electron chi connectivity index (χ2n) is 5.55. The van der Waals surface area contributed by atoms with E-state index in [0.29, 0.717) is 9.48 Å². The Hall–Kier alpha value is -2.19. The van der Waals surface area contributed by atoms with Gasteiger partial charge < -0.3 is 5.11 Å². The monoisotopic (exact) mass is 412 g/mol. The van der Waals surface area contributed by atoms with E-state index in [1.54, 1.807) is 18.2 Å². The van der Waals surface area contributed by atoms with Gasteiger partial charge in [0.15, 0.2) is 0 Å². The minimum Gasteiger partial charge on any atom is -0.374 e. The molecule has 130 valence electrons. The third kappa shape index (κ3) is 3.19. The highest BCUT2D eigenvalue weighted by atomic mass is 79.9. The van der Waals surface area contributed by atoms with E-state index in [9.17, 15) is 23.1 Å². The van der Waals surface area contributed by atoms with Crippen LogP contribution in [0.15, 0.2) is 64.2 Å². The molecule has 0 radical (unpaired) electrons. The second-order valence-corrected chi connectivity index (χ2v) is 6.46. The molecule has 2 aromatic carbocycles. The van der Waals surface area contributed by atoms with Gasteiger partial charge in [0, 0.05) is 15.6 Å². The lowest BCUT2D eigenvalue weighted by atomic mass is 9.92. The van der Waals surface area contributed by atoms with Crippen LogP contribution in [0.25, 0.3) is 0 Å². The number of hydrogen-bond acceptors (Lipinski definition) is 3. The highest BCUT2D eigenvalue weighted by Crippen LogP contribution is 2.38. The maximum absolute atomic E-state index is 13.5. The smallest absolute Gasteiger partial charge is 0.374 e. The van der Waals surface area contributed by atoms with Crippen LogP contribution in [0.3, 0.4) is 0 Å². The van der Waals surface area contributed by atoms with Crippen molar-refractivity contribution in [2.24, 2.45) is 5.10 Å². The quantitative estimate of drug-likeness (QED) is 0.818. The molecule has 3 rings (SSSR count). The third-order valence-electron chi connectivity index (χ3n) is 3.81. The highest BCUT2D eigenvalue weighted by Gasteiger charge is 2.62. The standard InChI is InChI=1S/C17H12BrF3N2O2/c18-13-8-4-7-12(9-13)15(24)23-10-16(25,17(19,20)21)14(22-23)11-5-2-1-3-6-11/h1-9,25H,10H2/t16-/m0/s1. The van der Waals surface area contributed by atoms with Gasteiger partial charge in [-0.2, -0.15) is 18.3 Å². The molecule has 0 aromatic heterocycles. The summed E-state index contributed by atoms with van der Waals surface area (Å²) in [6, 6.07) is 13.7. The number of hydrazone groups is 1. The Morgan fingerprint density at radius 3 is 2.44 bits per heavy atom. The average Bonchev–Trinajstić information content (AvgIpc) is 2.94. The Labute approximate surface area is 149 Å². The number of halogens is 4. The van der Waals surface area contributed by atoms with Crippen LogP contribution in [0.4, 0.5) is 13.2 Å². The Balaban J connectivity index is 2.03. The summed E-state index contributed by atoms with van der Waals surface area (Å²) in [6.45, 7) is -0.994. The fourth-order valence-electron chi connectivity index (χ4n) is 2.53. The molecule has 0 spiro atoms. The van der Waals surface area contributed by atoms with E-state index in [1.165, 1.54) is 36.4 Å². The first-order valence-electron chi connectivity index (χ1n) is 7.23. The molecule has 0 saturated carbocycles. The topological polar surface area (TPSA) is 52.9 Å². The van der Waals surface area contributed by atoms with Gasteiger partial charge in [0.2, 0.25) is 5.60 Å². The molecular weight excluding hydrogens is 401 g/mol. The maximum atomic E-state index is 13.5. The molecule has 25 heavy (non-hydrogen) atoms. The normalized spacial score (nSPS) is 20.5. The first-order valence-corrected chi connectivity index (χ1v) is 8.03. The molecule has 2 aromatic rings. The summed E-state index contributed by atoms with van der Waals surface area (Å²) >= 11 is 3.21. The minimum absolute atomic E-state index is 0.104. The number of amides is 1. The van der Waals surface area contributed by atoms with E-state index in [-0.39, 0.29) is 11.1 Å². The van der Waals surface area contributed by atoms with Crippen LogP contribution in [-0.2, 0) is 0 Å². The molecular formula is C17H12BrF3N2O2. The largest absolute Gasteiger partial charge is 0.424 e. The van der Waals surface area contributed by atoms with E-state index in [0.717, 1.165) is 0 Å². The van der Waals surface area contributed by atoms with E-state index in [2.05, 4.69) is 21.0 Å². The van der Waals surface area contributed by atoms with Crippen molar-refractivity contribution < 1.29 is 23.1 Å². The predicted molar refractivity (Wildman–Crippen MR) is 89.2 cm³/mol. The molecule has 4 nitrogen and oxygen atoms in total. The first-order chi connectivity index (χ1) is 11.7. The lowest BCUT2D eigenvalue weighted by Gasteiger charge is -2.27. The second kappa shape index (κ2) is 6.27. The van der Waals surface area contributed by atoms with Crippen molar-refractivity contribution in [2.45, 2.75) is 11.8 Å². The van der Waals surface area contributed by atoms with E-state index >= 15 is 0 Å². The zero-order valence-corrected chi connectivity index (χ0v) is 14.3. The molecule has 0 saturated heterocycles. The Kier molecular flexibility index (Phi) is 4.42. The van der Waals surface area contributed by atoms with Crippen LogP contribution < -0.4 is 0 Å². The van der Waals surface area contributed by atoms with Crippen molar-refractivity contribution in [3.8, 4) is 0 Å². The molecule has 1 aliphatic rings. The molecule has 8 heteroatoms. The summed E-state index contributed by atoms with van der Waals surface area (Å²) in [4.78, 5) is 12.5. The molecule has 0 unspecified atom stereocenters. The van der Waals surface area contributed by atoms with Crippen LogP contribution in [0.2, 0.25) is 0 Å². The average molecular weight is 413 g/mol. The number of aliphatic hydroxyl groups is 1. The number of carbonyl (C=O) groups excluding carboxylic acids is 1. The zero-order chi connectivity index (χ0) is 18.2. The van der Waals surface area contributed by atoms with Gasteiger partial charge in [0.1, 0.15) is 5.71 Å². The number of β-amino-alcohol motifs (C(OH)–C–C–N with tert-alkyl or cyclic N) is 1. The lowest BCUT2D eigenvalue weighted by Crippen LogP contribution is -2.54. The summed E-state index contributed by atoms with van der Waals surface area (Å²) in [6.07, 6.45) is -4.98. The first kappa shape index (κ1) is 17.6. The van der Waals surface area contributed by atoms with E-state index in [4.69, 9.17) is 0 Å². The lowest BCUT2D eigenvalue weighted by molar-refractivity contribution is -0.228. The van der Waals surface area contributed by atoms with Gasteiger partial charge in [0.25, 0.3) is 5.91 Å². The van der Waals surface area contributed by atoms with Crippen LogP contribution in [0.5, 0.6) is 0 Å². The van der Waals surface area contributed by atoms with Crippen molar-refractivity contribution in [3.63, 3.8) is 0 Å². The number of hydrogen-bond donors (Lipinski definition) is 1. The number of nitrogens with zero attached hydrogens (tertiary/aromatic N) is 2. The summed E-state index contributed by atoms with van der Waals surface area (Å²) in [5, 5.41) is 14.8. The van der Waals surface area contributed by atoms with Gasteiger partial charge in [-0.15, -0.1) is 0 Å². The number of alkyl halides is 3. The predicted octanol–water partition coefficient (Wildman–Crippen LogP) is 3.60. The maximum Gasteiger partial charge on any atom is 0.424 e. The van der Waals surface area contributed by atoms with Crippen molar-refractivity contribution >= 4 is 27.5 Å². The Morgan fingerprint density at radius 1 is 1.16 bits per heavy atom. The van der Waals surface area contributed by atoms with Gasteiger partial charge >= 0.3 is 6.18 Å². The molecule has 0 bridgehead atoms. The SMILES string of the molecule is O=C(c1cccc(Br)c1)N1C[C@@](O)(C(F)(F)F)C(c2ccccc2)=N1. The van der Waals surface area contributed by atoms with Gasteiger partial charge in [-0.3, -0.25) is 4.79 Å². The fraction of sp³-hybridized carbons (Fsp3) is 0.176. The molecule has 0 aliphatic carbocycles. The van der Waals surface area contributed by atoms with Crippen molar-refractivity contribution in [2.75, 3.05) is 6.54 Å². The number of benzene rings is 2. The van der Waals surface area contributed by atoms with Crippen LogP contribution in [0, 0.1) is 0 Å². The van der Waals surface area contributed by atoms with Crippen LogP contribution >= 0.6 is 15.9 Å². The number of rotatable bonds is 2. The third-order valence-corrected chi connectivity index (χ3v) is 4.31. The molecule has 1 aliphatic heterocycles. The van der Waals surface area contributed by atoms with Crippen molar-refractivity contribution in [1.29, 1.82) is 0 Å². The van der Waals surface area contributed by atoms with Crippen LogP contribution in [-0.4, -0.2) is 40.1 Å². The fourth-order valence-corrected chi connectivity index (χ4v) is 2.93. The van der Waals surface area contributed by atoms with Gasteiger partial charge in [0.05, 0.1) is 6.54 Å². The summed E-state index contributed by atoms with van der Waals surface area (Å²) in [5.74, 6) is -0.727. The van der Waals surface area contributed by atoms with Gasteiger partial charge in [-0.1, -0.05) is 52.3 Å². The van der Waals surface area contributed by atoms with E-state index < -0.39 is 29.9 Å². The zero-order valence-electron chi connectivity index (χ0n) is 12.7. The summed E-state index contributed by atoms with van der Waals surface area (Å²) in [7, 11) is 0. The Bertz CT molecular complexity index is 839. The Morgan fingerprint density at radius 2 is 1.84 bits per heavy atom. The molecule has 1 heterocycles. The molecule has 0 fully saturated rings. The van der Waals surface area contributed by atoms with Crippen molar-refractivity contribution in [1.82, 2.24) is 5.01 Å². The van der Waals surface area contributed by atoms with Crippen LogP contribution in [0.1, 0.15) is 15.9 Å². The molecule has 1 atom stereocenters. The van der Waals surface area contributed by atoms with Crippen molar-refractivity contribution in [3.05, 3.63) is 70.2 Å². The molecule has 1 amide bonds. The summed E-state index contributed by atoms with van der Waals surface area (Å²) < 4.78 is 41.1. The van der Waals surface area contributed by atoms with Gasteiger partial charge in [-0.05, 0) is 18.2 Å². The molecule has 1 N–H and O–H groups in total. The highest BCUT2D eigenvalue weighted by molar-refractivity contribution is 9.10. The van der Waals surface area contributed by atoms with E-state index in [1.807, 2.05) is 0 Å². The number of carbonyl (C=O) groups is 1. The van der Waals surface area contributed by atoms with Gasteiger partial charge in [-0.25, -0.2) is 5.01 Å². The minimum atomic E-state index is -4.98.